The van der Waals surface area contributed by atoms with Gasteiger partial charge in [0.15, 0.2) is 6.61 Å². The number of thiazole rings is 1. The van der Waals surface area contributed by atoms with E-state index in [9.17, 15) is 13.6 Å². The van der Waals surface area contributed by atoms with Crippen LogP contribution in [0.3, 0.4) is 0 Å². The van der Waals surface area contributed by atoms with Gasteiger partial charge in [-0.1, -0.05) is 11.3 Å². The van der Waals surface area contributed by atoms with E-state index < -0.39 is 18.6 Å². The molecule has 9 heteroatoms. The molecule has 0 aromatic carbocycles. The van der Waals surface area contributed by atoms with Crippen LogP contribution in [0.25, 0.3) is 0 Å². The number of nitrogens with one attached hydrogen (secondary N) is 1. The van der Waals surface area contributed by atoms with E-state index >= 15 is 0 Å². The number of aromatic nitrogens is 1. The van der Waals surface area contributed by atoms with Crippen molar-refractivity contribution in [2.75, 3.05) is 19.7 Å². The van der Waals surface area contributed by atoms with Crippen LogP contribution < -0.4 is 10.1 Å². The van der Waals surface area contributed by atoms with Crippen LogP contribution in [0.5, 0.6) is 5.19 Å². The minimum Gasteiger partial charge on any atom is -0.464 e. The molecule has 30 heavy (non-hydrogen) atoms. The summed E-state index contributed by atoms with van der Waals surface area (Å²) in [5, 5.41) is 3.35. The summed E-state index contributed by atoms with van der Waals surface area (Å²) in [6, 6.07) is 0.204. The zero-order chi connectivity index (χ0) is 21.7. The van der Waals surface area contributed by atoms with Crippen LogP contribution in [0.1, 0.15) is 63.4 Å². The number of carbonyl (C=O) groups excluding carboxylic acids is 1. The molecule has 2 heterocycles. The van der Waals surface area contributed by atoms with Crippen molar-refractivity contribution in [3.8, 4) is 5.19 Å². The molecule has 1 aromatic heterocycles. The normalized spacial score (nSPS) is 22.6. The third kappa shape index (κ3) is 7.34. The maximum atomic E-state index is 12.3. The molecule has 0 atom stereocenters. The minimum atomic E-state index is -2.48. The number of alkyl halides is 2. The zero-order valence-corrected chi connectivity index (χ0v) is 18.9. The fraction of sp³-hybridized carbons (Fsp3) is 0.810. The fourth-order valence-electron chi connectivity index (χ4n) is 4.05. The van der Waals surface area contributed by atoms with Gasteiger partial charge in [-0.3, -0.25) is 4.90 Å². The smallest absolute Gasteiger partial charge is 0.407 e. The largest absolute Gasteiger partial charge is 0.464 e. The Morgan fingerprint density at radius 1 is 1.30 bits per heavy atom. The second-order valence-electron chi connectivity index (χ2n) is 9.23. The average molecular weight is 446 g/mol. The first-order chi connectivity index (χ1) is 14.2. The quantitative estimate of drug-likeness (QED) is 0.664. The summed E-state index contributed by atoms with van der Waals surface area (Å²) in [7, 11) is 0. The summed E-state index contributed by atoms with van der Waals surface area (Å²) in [6.07, 6.45) is 3.44. The summed E-state index contributed by atoms with van der Waals surface area (Å²) < 4.78 is 35.0. The Labute approximate surface area is 181 Å². The van der Waals surface area contributed by atoms with Crippen molar-refractivity contribution in [3.63, 3.8) is 0 Å². The van der Waals surface area contributed by atoms with Crippen molar-refractivity contribution in [2.45, 2.75) is 83.9 Å². The first kappa shape index (κ1) is 23.2. The van der Waals surface area contributed by atoms with Crippen LogP contribution >= 0.6 is 11.3 Å². The van der Waals surface area contributed by atoms with Gasteiger partial charge < -0.3 is 14.8 Å². The van der Waals surface area contributed by atoms with Crippen molar-refractivity contribution < 1.29 is 23.0 Å². The molecule has 1 aromatic rings. The topological polar surface area (TPSA) is 63.7 Å². The molecule has 2 aliphatic rings. The lowest BCUT2D eigenvalue weighted by molar-refractivity contribution is 0.0485. The molecule has 1 amide bonds. The van der Waals surface area contributed by atoms with Gasteiger partial charge in [-0.05, 0) is 71.8 Å². The number of nitrogens with zero attached hydrogens (tertiary/aromatic N) is 2. The summed E-state index contributed by atoms with van der Waals surface area (Å²) in [5.74, 6) is 0.670. The van der Waals surface area contributed by atoms with E-state index in [-0.39, 0.29) is 12.1 Å². The number of hydrogen-bond donors (Lipinski definition) is 1. The Morgan fingerprint density at radius 2 is 2.03 bits per heavy atom. The summed E-state index contributed by atoms with van der Waals surface area (Å²) in [6.45, 7) is 7.76. The number of rotatable bonds is 7. The fourth-order valence-corrected chi connectivity index (χ4v) is 4.97. The molecule has 3 rings (SSSR count). The highest BCUT2D eigenvalue weighted by molar-refractivity contribution is 7.13. The molecule has 0 unspecified atom stereocenters. The Kier molecular flexibility index (Phi) is 7.90. The monoisotopic (exact) mass is 445 g/mol. The van der Waals surface area contributed by atoms with E-state index in [1.165, 1.54) is 11.3 Å². The highest BCUT2D eigenvalue weighted by Crippen LogP contribution is 2.31. The highest BCUT2D eigenvalue weighted by atomic mass is 32.1. The molecule has 0 radical (unpaired) electrons. The van der Waals surface area contributed by atoms with Crippen molar-refractivity contribution in [3.05, 3.63) is 10.6 Å². The van der Waals surface area contributed by atoms with Crippen LogP contribution in [-0.2, 0) is 17.7 Å². The van der Waals surface area contributed by atoms with Crippen molar-refractivity contribution in [1.29, 1.82) is 0 Å². The summed E-state index contributed by atoms with van der Waals surface area (Å²) in [5.41, 5.74) is 0.503. The molecule has 0 spiro atoms. The third-order valence-electron chi connectivity index (χ3n) is 5.54. The first-order valence-corrected chi connectivity index (χ1v) is 11.6. The lowest BCUT2D eigenvalue weighted by Crippen LogP contribution is -2.41. The van der Waals surface area contributed by atoms with Gasteiger partial charge in [0, 0.05) is 24.0 Å². The van der Waals surface area contributed by atoms with Gasteiger partial charge in [0.05, 0.1) is 5.69 Å². The van der Waals surface area contributed by atoms with Gasteiger partial charge in [-0.2, -0.15) is 0 Å². The molecule has 1 aliphatic heterocycles. The Bertz CT molecular complexity index is 700. The molecule has 0 saturated heterocycles. The summed E-state index contributed by atoms with van der Waals surface area (Å²) in [4.78, 5) is 19.9. The van der Waals surface area contributed by atoms with Crippen molar-refractivity contribution in [2.24, 2.45) is 5.92 Å². The number of alkyl carbamates (subject to hydrolysis) is 1. The van der Waals surface area contributed by atoms with E-state index in [1.807, 2.05) is 20.8 Å². The first-order valence-electron chi connectivity index (χ1n) is 10.8. The number of fused-ring (bicyclic) bond motifs is 1. The standard InChI is InChI=1S/C21H33F2N3O3S/c1-21(2,3)29-19(27)24-15-6-4-14(5-7-15)8-10-26-11-9-17-16(12-26)25-20(30-17)28-13-18(22)23/h14-15,18H,4-13H2,1-3H3,(H,24,27). The van der Waals surface area contributed by atoms with Gasteiger partial charge in [0.2, 0.25) is 0 Å². The lowest BCUT2D eigenvalue weighted by atomic mass is 9.84. The predicted molar refractivity (Wildman–Crippen MR) is 112 cm³/mol. The van der Waals surface area contributed by atoms with E-state index in [4.69, 9.17) is 9.47 Å². The Balaban J connectivity index is 1.36. The van der Waals surface area contributed by atoms with E-state index in [2.05, 4.69) is 15.2 Å². The number of hydrogen-bond acceptors (Lipinski definition) is 6. The molecule has 0 bridgehead atoms. The highest BCUT2D eigenvalue weighted by Gasteiger charge is 2.26. The zero-order valence-electron chi connectivity index (χ0n) is 18.1. The van der Waals surface area contributed by atoms with Gasteiger partial charge >= 0.3 is 6.09 Å². The van der Waals surface area contributed by atoms with Crippen LogP contribution in [0.4, 0.5) is 13.6 Å². The second-order valence-corrected chi connectivity index (χ2v) is 10.3. The van der Waals surface area contributed by atoms with E-state index in [0.717, 1.165) is 68.7 Å². The van der Waals surface area contributed by atoms with E-state index in [0.29, 0.717) is 11.1 Å². The molecular formula is C21H33F2N3O3S. The van der Waals surface area contributed by atoms with Crippen molar-refractivity contribution in [1.82, 2.24) is 15.2 Å². The minimum absolute atomic E-state index is 0.204. The van der Waals surface area contributed by atoms with E-state index in [1.54, 1.807) is 0 Å². The number of carbonyl (C=O) groups is 1. The maximum absolute atomic E-state index is 12.3. The summed E-state index contributed by atoms with van der Waals surface area (Å²) >= 11 is 1.40. The SMILES string of the molecule is CC(C)(C)OC(=O)NC1CCC(CCN2CCc3sc(OCC(F)F)nc3C2)CC1. The van der Waals surface area contributed by atoms with Gasteiger partial charge in [-0.15, -0.1) is 0 Å². The van der Waals surface area contributed by atoms with Crippen LogP contribution in [0.2, 0.25) is 0 Å². The lowest BCUT2D eigenvalue weighted by Gasteiger charge is -2.32. The molecule has 1 fully saturated rings. The molecule has 170 valence electrons. The number of amides is 1. The second kappa shape index (κ2) is 10.2. The Morgan fingerprint density at radius 3 is 2.70 bits per heavy atom. The predicted octanol–water partition coefficient (Wildman–Crippen LogP) is 4.62. The third-order valence-corrected chi connectivity index (χ3v) is 6.61. The molecular weight excluding hydrogens is 412 g/mol. The number of ether oxygens (including phenoxy) is 2. The van der Waals surface area contributed by atoms with Crippen LogP contribution in [0.15, 0.2) is 0 Å². The van der Waals surface area contributed by atoms with Crippen LogP contribution in [-0.4, -0.2) is 53.7 Å². The van der Waals surface area contributed by atoms with Gasteiger partial charge in [0.25, 0.3) is 11.6 Å². The molecule has 1 N–H and O–H groups in total. The molecule has 1 saturated carbocycles. The molecule has 1 aliphatic carbocycles. The molecule has 6 nitrogen and oxygen atoms in total. The Hall–Kier alpha value is -1.48. The van der Waals surface area contributed by atoms with Gasteiger partial charge in [-0.25, -0.2) is 18.6 Å². The van der Waals surface area contributed by atoms with Crippen LogP contribution in [0, 0.1) is 5.92 Å². The average Bonchev–Trinajstić information content (AvgIpc) is 3.06. The number of halogens is 2. The maximum Gasteiger partial charge on any atom is 0.407 e. The van der Waals surface area contributed by atoms with Gasteiger partial charge in [0.1, 0.15) is 5.60 Å². The van der Waals surface area contributed by atoms with Crippen molar-refractivity contribution >= 4 is 17.4 Å².